The van der Waals surface area contributed by atoms with E-state index < -0.39 is 0 Å². The summed E-state index contributed by atoms with van der Waals surface area (Å²) in [7, 11) is 0. The summed E-state index contributed by atoms with van der Waals surface area (Å²) in [5, 5.41) is 3.09. The normalized spacial score (nSPS) is 16.9. The summed E-state index contributed by atoms with van der Waals surface area (Å²) in [6.45, 7) is 4.38. The number of rotatable bonds is 5. The van der Waals surface area contributed by atoms with Gasteiger partial charge in [-0.05, 0) is 31.9 Å². The summed E-state index contributed by atoms with van der Waals surface area (Å²) in [6.07, 6.45) is 2.54. The van der Waals surface area contributed by atoms with Gasteiger partial charge < -0.3 is 10.2 Å². The predicted molar refractivity (Wildman–Crippen MR) is 78.7 cm³/mol. The Bertz CT molecular complexity index is 451. The molecule has 0 unspecified atom stereocenters. The van der Waals surface area contributed by atoms with Gasteiger partial charge in [0.05, 0.1) is 0 Å². The van der Waals surface area contributed by atoms with E-state index in [9.17, 15) is 9.59 Å². The van der Waals surface area contributed by atoms with Crippen molar-refractivity contribution >= 4 is 11.7 Å². The number of likely N-dealkylation sites (tertiary alicyclic amines) is 1. The van der Waals surface area contributed by atoms with Crippen LogP contribution in [0.2, 0.25) is 0 Å². The molecule has 108 valence electrons. The molecule has 1 aliphatic heterocycles. The van der Waals surface area contributed by atoms with Crippen molar-refractivity contribution in [1.29, 1.82) is 0 Å². The zero-order chi connectivity index (χ0) is 14.4. The maximum atomic E-state index is 12.0. The Hall–Kier alpha value is -1.68. The molecule has 20 heavy (non-hydrogen) atoms. The molecule has 4 nitrogen and oxygen atoms in total. The summed E-state index contributed by atoms with van der Waals surface area (Å²) in [6, 6.07) is 9.56. The van der Waals surface area contributed by atoms with Gasteiger partial charge in [-0.15, -0.1) is 0 Å². The van der Waals surface area contributed by atoms with Crippen LogP contribution in [0, 0.1) is 0 Å². The van der Waals surface area contributed by atoms with Crippen LogP contribution in [0.5, 0.6) is 0 Å². The number of carbonyl (C=O) groups excluding carboxylic acids is 2. The van der Waals surface area contributed by atoms with Crippen LogP contribution in [0.15, 0.2) is 30.3 Å². The second kappa shape index (κ2) is 7.20. The second-order valence-corrected chi connectivity index (χ2v) is 5.41. The first-order valence-electron chi connectivity index (χ1n) is 7.23. The summed E-state index contributed by atoms with van der Waals surface area (Å²) >= 11 is 0. The average molecular weight is 274 g/mol. The number of ketones is 1. The van der Waals surface area contributed by atoms with E-state index >= 15 is 0 Å². The van der Waals surface area contributed by atoms with E-state index in [0.29, 0.717) is 12.0 Å². The van der Waals surface area contributed by atoms with E-state index in [1.807, 2.05) is 30.3 Å². The van der Waals surface area contributed by atoms with E-state index in [2.05, 4.69) is 10.2 Å². The van der Waals surface area contributed by atoms with E-state index in [0.717, 1.165) is 32.5 Å². The molecule has 1 aromatic carbocycles. The average Bonchev–Trinajstić information content (AvgIpc) is 2.47. The molecule has 1 aromatic rings. The molecule has 0 radical (unpaired) electrons. The van der Waals surface area contributed by atoms with Gasteiger partial charge in [0.2, 0.25) is 0 Å². The van der Waals surface area contributed by atoms with Crippen molar-refractivity contribution < 1.29 is 9.59 Å². The van der Waals surface area contributed by atoms with Crippen LogP contribution in [-0.4, -0.2) is 42.3 Å². The lowest BCUT2D eigenvalue weighted by Gasteiger charge is -2.32. The number of benzene rings is 1. The lowest BCUT2D eigenvalue weighted by molar-refractivity contribution is -0.117. The standard InChI is InChI=1S/C16H22N2O2/c1-13(19)7-10-18-11-8-15(9-12-18)17-16(20)14-5-3-2-4-6-14/h2-6,15H,7-12H2,1H3,(H,17,20). The van der Waals surface area contributed by atoms with Gasteiger partial charge in [-0.3, -0.25) is 9.59 Å². The molecule has 4 heteroatoms. The third-order valence-electron chi connectivity index (χ3n) is 3.74. The number of nitrogens with one attached hydrogen (secondary N) is 1. The number of piperidine rings is 1. The molecule has 0 saturated carbocycles. The number of hydrogen-bond donors (Lipinski definition) is 1. The molecule has 0 aromatic heterocycles. The Morgan fingerprint density at radius 2 is 1.85 bits per heavy atom. The number of carbonyl (C=O) groups is 2. The molecule has 0 bridgehead atoms. The number of nitrogens with zero attached hydrogens (tertiary/aromatic N) is 1. The second-order valence-electron chi connectivity index (χ2n) is 5.41. The predicted octanol–water partition coefficient (Wildman–Crippen LogP) is 1.86. The minimum atomic E-state index is 0.00721. The number of Topliss-reactive ketones (excluding diaryl/α,β-unsaturated/α-hetero) is 1. The van der Waals surface area contributed by atoms with Crippen molar-refractivity contribution in [1.82, 2.24) is 10.2 Å². The van der Waals surface area contributed by atoms with E-state index in [1.54, 1.807) is 6.92 Å². The van der Waals surface area contributed by atoms with E-state index in [1.165, 1.54) is 0 Å². The summed E-state index contributed by atoms with van der Waals surface area (Å²) in [5.41, 5.74) is 0.714. The SMILES string of the molecule is CC(=O)CCN1CCC(NC(=O)c2ccccc2)CC1. The van der Waals surface area contributed by atoms with Crippen molar-refractivity contribution in [2.75, 3.05) is 19.6 Å². The van der Waals surface area contributed by atoms with Crippen LogP contribution in [0.25, 0.3) is 0 Å². The van der Waals surface area contributed by atoms with E-state index in [-0.39, 0.29) is 17.7 Å². The van der Waals surface area contributed by atoms with Gasteiger partial charge in [0.25, 0.3) is 5.91 Å². The molecule has 1 heterocycles. The quantitative estimate of drug-likeness (QED) is 0.891. The lowest BCUT2D eigenvalue weighted by atomic mass is 10.0. The van der Waals surface area contributed by atoms with Gasteiger partial charge in [-0.2, -0.15) is 0 Å². The van der Waals surface area contributed by atoms with Gasteiger partial charge >= 0.3 is 0 Å². The topological polar surface area (TPSA) is 49.4 Å². The maximum absolute atomic E-state index is 12.0. The molecule has 1 fully saturated rings. The maximum Gasteiger partial charge on any atom is 0.251 e. The monoisotopic (exact) mass is 274 g/mol. The van der Waals surface area contributed by atoms with Gasteiger partial charge in [-0.1, -0.05) is 18.2 Å². The Labute approximate surface area is 120 Å². The van der Waals surface area contributed by atoms with Crippen molar-refractivity contribution in [3.05, 3.63) is 35.9 Å². The van der Waals surface area contributed by atoms with Crippen LogP contribution >= 0.6 is 0 Å². The highest BCUT2D eigenvalue weighted by Gasteiger charge is 2.20. The largest absolute Gasteiger partial charge is 0.349 e. The molecule has 0 atom stereocenters. The molecular weight excluding hydrogens is 252 g/mol. The fraction of sp³-hybridized carbons (Fsp3) is 0.500. The molecule has 2 rings (SSSR count). The first-order valence-corrected chi connectivity index (χ1v) is 7.23. The Balaban J connectivity index is 1.74. The van der Waals surface area contributed by atoms with Gasteiger partial charge in [0, 0.05) is 37.7 Å². The van der Waals surface area contributed by atoms with Crippen LogP contribution in [-0.2, 0) is 4.79 Å². The molecule has 1 amide bonds. The van der Waals surface area contributed by atoms with Gasteiger partial charge in [0.15, 0.2) is 0 Å². The highest BCUT2D eigenvalue weighted by Crippen LogP contribution is 2.11. The van der Waals surface area contributed by atoms with Gasteiger partial charge in [0.1, 0.15) is 5.78 Å². The molecule has 0 aliphatic carbocycles. The van der Waals surface area contributed by atoms with Crippen LogP contribution in [0.3, 0.4) is 0 Å². The molecular formula is C16H22N2O2. The zero-order valence-corrected chi connectivity index (χ0v) is 12.0. The minimum Gasteiger partial charge on any atom is -0.349 e. The van der Waals surface area contributed by atoms with Crippen LogP contribution < -0.4 is 5.32 Å². The van der Waals surface area contributed by atoms with Crippen molar-refractivity contribution in [2.45, 2.75) is 32.2 Å². The summed E-state index contributed by atoms with van der Waals surface area (Å²) < 4.78 is 0. The fourth-order valence-corrected chi connectivity index (χ4v) is 2.47. The van der Waals surface area contributed by atoms with Crippen LogP contribution in [0.4, 0.5) is 0 Å². The highest BCUT2D eigenvalue weighted by molar-refractivity contribution is 5.94. The van der Waals surface area contributed by atoms with Crippen molar-refractivity contribution in [3.8, 4) is 0 Å². The fourth-order valence-electron chi connectivity index (χ4n) is 2.47. The first-order chi connectivity index (χ1) is 9.65. The summed E-state index contributed by atoms with van der Waals surface area (Å²) in [4.78, 5) is 25.3. The van der Waals surface area contributed by atoms with Crippen LogP contribution in [0.1, 0.15) is 36.5 Å². The highest BCUT2D eigenvalue weighted by atomic mass is 16.1. The molecule has 0 spiro atoms. The van der Waals surface area contributed by atoms with Crippen molar-refractivity contribution in [2.24, 2.45) is 0 Å². The Morgan fingerprint density at radius 3 is 2.45 bits per heavy atom. The lowest BCUT2D eigenvalue weighted by Crippen LogP contribution is -2.45. The Kier molecular flexibility index (Phi) is 5.30. The van der Waals surface area contributed by atoms with Crippen molar-refractivity contribution in [3.63, 3.8) is 0 Å². The zero-order valence-electron chi connectivity index (χ0n) is 12.0. The number of hydrogen-bond acceptors (Lipinski definition) is 3. The Morgan fingerprint density at radius 1 is 1.20 bits per heavy atom. The molecule has 1 N–H and O–H groups in total. The smallest absolute Gasteiger partial charge is 0.251 e. The third kappa shape index (κ3) is 4.46. The summed E-state index contributed by atoms with van der Waals surface area (Å²) in [5.74, 6) is 0.247. The molecule has 1 aliphatic rings. The first kappa shape index (κ1) is 14.7. The third-order valence-corrected chi connectivity index (χ3v) is 3.74. The number of amides is 1. The molecule has 1 saturated heterocycles. The van der Waals surface area contributed by atoms with Gasteiger partial charge in [-0.25, -0.2) is 0 Å². The minimum absolute atomic E-state index is 0.00721. The van der Waals surface area contributed by atoms with E-state index in [4.69, 9.17) is 0 Å².